The minimum absolute atomic E-state index is 0.0107. The molecule has 0 unspecified atom stereocenters. The number of nitrogens with zero attached hydrogens (tertiary/aromatic N) is 4. The van der Waals surface area contributed by atoms with Crippen molar-refractivity contribution in [3.05, 3.63) is 64.3 Å². The molecule has 2 heterocycles. The lowest BCUT2D eigenvalue weighted by molar-refractivity contribution is 0.101. The van der Waals surface area contributed by atoms with E-state index < -0.39 is 17.4 Å². The molecule has 164 valence electrons. The summed E-state index contributed by atoms with van der Waals surface area (Å²) in [5, 5.41) is 15.1. The van der Waals surface area contributed by atoms with Crippen molar-refractivity contribution in [3.8, 4) is 5.69 Å². The van der Waals surface area contributed by atoms with Crippen LogP contribution >= 0.6 is 35.0 Å². The second kappa shape index (κ2) is 9.46. The molecule has 3 aromatic rings. The Labute approximate surface area is 194 Å². The molecule has 31 heavy (non-hydrogen) atoms. The van der Waals surface area contributed by atoms with Crippen molar-refractivity contribution >= 4 is 41.1 Å². The summed E-state index contributed by atoms with van der Waals surface area (Å²) in [4.78, 5) is 17.8. The summed E-state index contributed by atoms with van der Waals surface area (Å²) in [6, 6.07) is 9.97. The monoisotopic (exact) mass is 482 g/mol. The van der Waals surface area contributed by atoms with E-state index in [-0.39, 0.29) is 17.3 Å². The Balaban J connectivity index is 1.96. The summed E-state index contributed by atoms with van der Waals surface area (Å²) >= 11 is 13.2. The van der Waals surface area contributed by atoms with Gasteiger partial charge in [-0.1, -0.05) is 41.0 Å². The summed E-state index contributed by atoms with van der Waals surface area (Å²) < 4.78 is 16.2. The van der Waals surface area contributed by atoms with Gasteiger partial charge in [-0.3, -0.25) is 0 Å². The molecular weight excluding hydrogens is 462 g/mol. The Morgan fingerprint density at radius 1 is 1.26 bits per heavy atom. The van der Waals surface area contributed by atoms with Gasteiger partial charge in [0.25, 0.3) is 0 Å². The van der Waals surface area contributed by atoms with Crippen LogP contribution in [0.3, 0.4) is 0 Å². The number of rotatable bonds is 6. The molecule has 0 aliphatic heterocycles. The van der Waals surface area contributed by atoms with Gasteiger partial charge in [0, 0.05) is 29.6 Å². The molecule has 0 aliphatic carbocycles. The fraction of sp³-hybridized carbons (Fsp3) is 0.286. The smallest absolute Gasteiger partial charge is 0.407 e. The highest BCUT2D eigenvalue weighted by atomic mass is 35.5. The molecule has 0 atom stereocenters. The first-order valence-corrected chi connectivity index (χ1v) is 11.0. The maximum Gasteiger partial charge on any atom is 0.407 e. The molecule has 0 bridgehead atoms. The largest absolute Gasteiger partial charge is 0.465 e. The number of pyridine rings is 1. The molecule has 0 saturated carbocycles. The molecule has 1 N–H and O–H groups in total. The van der Waals surface area contributed by atoms with Crippen molar-refractivity contribution in [2.45, 2.75) is 42.7 Å². The van der Waals surface area contributed by atoms with E-state index in [1.807, 2.05) is 26.8 Å². The van der Waals surface area contributed by atoms with Crippen LogP contribution in [0.15, 0.2) is 52.5 Å². The Morgan fingerprint density at radius 2 is 2.00 bits per heavy atom. The maximum absolute atomic E-state index is 14.7. The predicted molar refractivity (Wildman–Crippen MR) is 120 cm³/mol. The van der Waals surface area contributed by atoms with Crippen LogP contribution in [0.4, 0.5) is 9.18 Å². The van der Waals surface area contributed by atoms with Crippen LogP contribution in [0.2, 0.25) is 10.2 Å². The molecule has 0 saturated heterocycles. The number of amides is 1. The van der Waals surface area contributed by atoms with E-state index in [2.05, 4.69) is 10.1 Å². The van der Waals surface area contributed by atoms with Crippen LogP contribution in [-0.4, -0.2) is 42.9 Å². The van der Waals surface area contributed by atoms with Crippen LogP contribution in [0.1, 0.15) is 26.5 Å². The summed E-state index contributed by atoms with van der Waals surface area (Å²) in [6.07, 6.45) is 0.976. The average molecular weight is 483 g/mol. The summed E-state index contributed by atoms with van der Waals surface area (Å²) in [7, 11) is 0. The topological polar surface area (TPSA) is 71.2 Å². The minimum atomic E-state index is -1.00. The van der Waals surface area contributed by atoms with Gasteiger partial charge in [0.2, 0.25) is 0 Å². The second-order valence-electron chi connectivity index (χ2n) is 7.73. The van der Waals surface area contributed by atoms with E-state index in [1.165, 1.54) is 27.4 Å². The van der Waals surface area contributed by atoms with Gasteiger partial charge >= 0.3 is 6.09 Å². The van der Waals surface area contributed by atoms with Gasteiger partial charge in [-0.2, -0.15) is 5.10 Å². The van der Waals surface area contributed by atoms with Gasteiger partial charge in [-0.25, -0.2) is 18.9 Å². The molecule has 0 spiro atoms. The van der Waals surface area contributed by atoms with Crippen LogP contribution in [-0.2, 0) is 6.42 Å². The van der Waals surface area contributed by atoms with Crippen molar-refractivity contribution in [1.82, 2.24) is 19.7 Å². The number of carboxylic acid groups (broad SMARTS) is 1. The first kappa shape index (κ1) is 23.4. The number of halogens is 3. The number of benzene rings is 1. The molecule has 3 rings (SSSR count). The average Bonchev–Trinajstić information content (AvgIpc) is 3.07. The number of aromatic nitrogens is 3. The number of carbonyl (C=O) groups is 1. The van der Waals surface area contributed by atoms with E-state index in [0.717, 1.165) is 4.90 Å². The maximum atomic E-state index is 14.7. The standard InChI is InChI=1S/C21H21Cl2FN4O2S/c1-21(2,3)27(20(29)30)10-9-13-11-18(31-14-7-8-17(23)25-12-14)28(26-13)16-6-4-5-15(22)19(16)24/h4-8,11-12H,9-10H2,1-3H3,(H,29,30). The molecule has 0 fully saturated rings. The Kier molecular flexibility index (Phi) is 7.13. The molecular formula is C21H21Cl2FN4O2S. The molecule has 0 radical (unpaired) electrons. The molecule has 2 aromatic heterocycles. The lowest BCUT2D eigenvalue weighted by Gasteiger charge is -2.32. The molecule has 0 aliphatic rings. The molecule has 1 aromatic carbocycles. The quantitative estimate of drug-likeness (QED) is 0.424. The summed E-state index contributed by atoms with van der Waals surface area (Å²) in [6.45, 7) is 5.74. The van der Waals surface area contributed by atoms with Crippen molar-refractivity contribution in [2.75, 3.05) is 6.54 Å². The van der Waals surface area contributed by atoms with Crippen molar-refractivity contribution in [3.63, 3.8) is 0 Å². The van der Waals surface area contributed by atoms with Gasteiger partial charge in [-0.15, -0.1) is 0 Å². The zero-order valence-electron chi connectivity index (χ0n) is 17.1. The van der Waals surface area contributed by atoms with E-state index in [0.29, 0.717) is 22.3 Å². The molecule has 1 amide bonds. The fourth-order valence-corrected chi connectivity index (χ4v) is 4.11. The number of hydrogen-bond donors (Lipinski definition) is 1. The zero-order valence-corrected chi connectivity index (χ0v) is 19.5. The molecule has 10 heteroatoms. The lowest BCUT2D eigenvalue weighted by Crippen LogP contribution is -2.45. The third-order valence-electron chi connectivity index (χ3n) is 4.44. The third-order valence-corrected chi connectivity index (χ3v) is 5.93. The van der Waals surface area contributed by atoms with Crippen molar-refractivity contribution in [1.29, 1.82) is 0 Å². The molecule has 6 nitrogen and oxygen atoms in total. The Morgan fingerprint density at radius 3 is 2.61 bits per heavy atom. The highest BCUT2D eigenvalue weighted by molar-refractivity contribution is 7.99. The minimum Gasteiger partial charge on any atom is -0.465 e. The van der Waals surface area contributed by atoms with E-state index in [9.17, 15) is 14.3 Å². The second-order valence-corrected chi connectivity index (χ2v) is 9.62. The first-order valence-electron chi connectivity index (χ1n) is 9.39. The summed E-state index contributed by atoms with van der Waals surface area (Å²) in [5.74, 6) is -0.586. The zero-order chi connectivity index (χ0) is 22.8. The highest BCUT2D eigenvalue weighted by Gasteiger charge is 2.26. The Bertz CT molecular complexity index is 1080. The van der Waals surface area contributed by atoms with Gasteiger partial charge in [0.1, 0.15) is 15.9 Å². The van der Waals surface area contributed by atoms with E-state index in [4.69, 9.17) is 23.2 Å². The number of hydrogen-bond acceptors (Lipinski definition) is 4. The van der Waals surface area contributed by atoms with Crippen molar-refractivity contribution in [2.24, 2.45) is 0 Å². The van der Waals surface area contributed by atoms with E-state index >= 15 is 0 Å². The van der Waals surface area contributed by atoms with Crippen LogP contribution in [0, 0.1) is 5.82 Å². The van der Waals surface area contributed by atoms with Gasteiger partial charge in [0.05, 0.1) is 10.7 Å². The van der Waals surface area contributed by atoms with Crippen LogP contribution in [0.25, 0.3) is 5.69 Å². The lowest BCUT2D eigenvalue weighted by atomic mass is 10.1. The van der Waals surface area contributed by atoms with Crippen molar-refractivity contribution < 1.29 is 14.3 Å². The van der Waals surface area contributed by atoms with Gasteiger partial charge < -0.3 is 10.0 Å². The third kappa shape index (κ3) is 5.70. The van der Waals surface area contributed by atoms with Crippen LogP contribution in [0.5, 0.6) is 0 Å². The van der Waals surface area contributed by atoms with Crippen LogP contribution < -0.4 is 0 Å². The Hall–Kier alpha value is -2.29. The van der Waals surface area contributed by atoms with Gasteiger partial charge in [0.15, 0.2) is 5.82 Å². The SMILES string of the molecule is CC(C)(C)N(CCc1cc(Sc2ccc(Cl)nc2)n(-c2cccc(Cl)c2F)n1)C(=O)O. The van der Waals surface area contributed by atoms with E-state index in [1.54, 1.807) is 30.5 Å². The fourth-order valence-electron chi connectivity index (χ4n) is 2.92. The first-order chi connectivity index (χ1) is 14.6. The summed E-state index contributed by atoms with van der Waals surface area (Å²) in [5.41, 5.74) is 0.272. The highest BCUT2D eigenvalue weighted by Crippen LogP contribution is 2.32. The predicted octanol–water partition coefficient (Wildman–Crippen LogP) is 6.19. The normalized spacial score (nSPS) is 11.5. The van der Waals surface area contributed by atoms with Gasteiger partial charge in [-0.05, 0) is 51.1 Å².